The Balaban J connectivity index is 4.04. The summed E-state index contributed by atoms with van der Waals surface area (Å²) in [6.07, 6.45) is -0.950. The van der Waals surface area contributed by atoms with Crippen LogP contribution in [-0.4, -0.2) is 31.9 Å². The number of nitrogens with one attached hydrogen (secondary N) is 1. The maximum Gasteiger partial charge on any atom is 0.350 e. The van der Waals surface area contributed by atoms with Gasteiger partial charge in [-0.15, -0.1) is 0 Å². The van der Waals surface area contributed by atoms with Gasteiger partial charge in [-0.3, -0.25) is 0 Å². The summed E-state index contributed by atoms with van der Waals surface area (Å²) < 4.78 is 46.0. The summed E-state index contributed by atoms with van der Waals surface area (Å²) in [4.78, 5) is 0. The van der Waals surface area contributed by atoms with E-state index in [0.29, 0.717) is 0 Å². The normalized spacial score (nSPS) is 15.3. The molecule has 1 unspecified atom stereocenters. The zero-order valence-corrected chi connectivity index (χ0v) is 8.18. The Morgan fingerprint density at radius 3 is 2.15 bits per heavy atom. The second-order valence-corrected chi connectivity index (χ2v) is 4.70. The first-order chi connectivity index (χ1) is 5.77. The van der Waals surface area contributed by atoms with Crippen LogP contribution in [0.1, 0.15) is 13.8 Å². The largest absolute Gasteiger partial charge is 0.391 e. The lowest BCUT2D eigenvalue weighted by molar-refractivity contribution is 0.128. The van der Waals surface area contributed by atoms with Crippen molar-refractivity contribution in [3.8, 4) is 0 Å². The summed E-state index contributed by atoms with van der Waals surface area (Å²) in [6, 6.07) is 0. The number of aliphatic hydroxyl groups excluding tert-OH is 1. The molecule has 13 heavy (non-hydrogen) atoms. The summed E-state index contributed by atoms with van der Waals surface area (Å²) in [5.74, 6) is -3.63. The van der Waals surface area contributed by atoms with Gasteiger partial charge in [0, 0.05) is 6.54 Å². The molecule has 0 aliphatic rings. The molecule has 0 saturated heterocycles. The molecule has 4 nitrogen and oxygen atoms in total. The summed E-state index contributed by atoms with van der Waals surface area (Å²) in [7, 11) is -4.57. The van der Waals surface area contributed by atoms with Gasteiger partial charge in [-0.2, -0.15) is 8.78 Å². The average Bonchev–Trinajstić information content (AvgIpc) is 1.99. The molecule has 0 amide bonds. The van der Waals surface area contributed by atoms with Gasteiger partial charge in [0.2, 0.25) is 0 Å². The number of alkyl halides is 2. The highest BCUT2D eigenvalue weighted by molar-refractivity contribution is 7.89. The van der Waals surface area contributed by atoms with Crippen molar-refractivity contribution in [2.24, 2.45) is 5.92 Å². The Morgan fingerprint density at radius 1 is 1.38 bits per heavy atom. The highest BCUT2D eigenvalue weighted by Gasteiger charge is 2.24. The molecule has 0 radical (unpaired) electrons. The zero-order valence-electron chi connectivity index (χ0n) is 7.37. The van der Waals surface area contributed by atoms with Crippen LogP contribution in [0.2, 0.25) is 0 Å². The van der Waals surface area contributed by atoms with Crippen LogP contribution in [-0.2, 0) is 10.0 Å². The maximum absolute atomic E-state index is 11.7. The van der Waals surface area contributed by atoms with E-state index in [1.807, 2.05) is 0 Å². The molecule has 0 bridgehead atoms. The minimum atomic E-state index is -4.57. The van der Waals surface area contributed by atoms with E-state index in [1.165, 1.54) is 0 Å². The summed E-state index contributed by atoms with van der Waals surface area (Å²) in [5.41, 5.74) is 0. The van der Waals surface area contributed by atoms with E-state index in [1.54, 1.807) is 18.6 Å². The maximum atomic E-state index is 11.7. The van der Waals surface area contributed by atoms with Crippen molar-refractivity contribution in [3.63, 3.8) is 0 Å². The first kappa shape index (κ1) is 12.7. The fraction of sp³-hybridized carbons (Fsp3) is 1.00. The van der Waals surface area contributed by atoms with Crippen molar-refractivity contribution in [2.45, 2.75) is 25.7 Å². The molecule has 7 heteroatoms. The third-order valence-electron chi connectivity index (χ3n) is 1.50. The number of sulfonamides is 1. The summed E-state index contributed by atoms with van der Waals surface area (Å²) >= 11 is 0. The van der Waals surface area contributed by atoms with E-state index < -0.39 is 21.9 Å². The van der Waals surface area contributed by atoms with Gasteiger partial charge in [-0.05, 0) is 5.92 Å². The van der Waals surface area contributed by atoms with Gasteiger partial charge in [0.15, 0.2) is 0 Å². The molecule has 1 atom stereocenters. The molecule has 0 saturated carbocycles. The monoisotopic (exact) mass is 217 g/mol. The van der Waals surface area contributed by atoms with Crippen LogP contribution in [0.3, 0.4) is 0 Å². The predicted molar refractivity (Wildman–Crippen MR) is 43.8 cm³/mol. The average molecular weight is 217 g/mol. The lowest BCUT2D eigenvalue weighted by Crippen LogP contribution is -2.37. The molecule has 0 spiro atoms. The van der Waals surface area contributed by atoms with Crippen molar-refractivity contribution >= 4 is 10.0 Å². The van der Waals surface area contributed by atoms with E-state index in [9.17, 15) is 17.2 Å². The Labute approximate surface area is 76.0 Å². The second-order valence-electron chi connectivity index (χ2n) is 2.97. The van der Waals surface area contributed by atoms with E-state index >= 15 is 0 Å². The molecule has 0 fully saturated rings. The number of hydrogen-bond acceptors (Lipinski definition) is 3. The Hall–Kier alpha value is -0.270. The predicted octanol–water partition coefficient (Wildman–Crippen LogP) is 0.145. The van der Waals surface area contributed by atoms with Crippen molar-refractivity contribution in [3.05, 3.63) is 0 Å². The van der Waals surface area contributed by atoms with Gasteiger partial charge in [-0.1, -0.05) is 13.8 Å². The molecule has 0 aromatic carbocycles. The lowest BCUT2D eigenvalue weighted by Gasteiger charge is -2.14. The van der Waals surface area contributed by atoms with Crippen molar-refractivity contribution < 1.29 is 22.3 Å². The Bertz CT molecular complexity index is 240. The molecule has 80 valence electrons. The van der Waals surface area contributed by atoms with Crippen LogP contribution >= 0.6 is 0 Å². The Kier molecular flexibility index (Phi) is 4.72. The van der Waals surface area contributed by atoms with Gasteiger partial charge < -0.3 is 5.11 Å². The highest BCUT2D eigenvalue weighted by Crippen LogP contribution is 2.04. The summed E-state index contributed by atoms with van der Waals surface area (Å²) in [6.45, 7) is 2.92. The molecular formula is C6H13F2NO3S. The molecule has 0 aliphatic carbocycles. The van der Waals surface area contributed by atoms with E-state index in [2.05, 4.69) is 0 Å². The summed E-state index contributed by atoms with van der Waals surface area (Å²) in [5, 5.41) is 9.10. The van der Waals surface area contributed by atoms with Gasteiger partial charge in [0.05, 0.1) is 6.10 Å². The quantitative estimate of drug-likeness (QED) is 0.688. The minimum absolute atomic E-state index is 0.180. The number of hydrogen-bond donors (Lipinski definition) is 2. The Morgan fingerprint density at radius 2 is 1.85 bits per heavy atom. The molecule has 0 rings (SSSR count). The van der Waals surface area contributed by atoms with Crippen LogP contribution in [0.15, 0.2) is 0 Å². The van der Waals surface area contributed by atoms with Crippen LogP contribution in [0.4, 0.5) is 8.78 Å². The van der Waals surface area contributed by atoms with Crippen molar-refractivity contribution in [1.82, 2.24) is 4.72 Å². The van der Waals surface area contributed by atoms with Gasteiger partial charge >= 0.3 is 5.76 Å². The topological polar surface area (TPSA) is 66.4 Å². The van der Waals surface area contributed by atoms with Crippen LogP contribution in [0.25, 0.3) is 0 Å². The standard InChI is InChI=1S/C6H13F2NO3S/c1-4(2)5(10)3-9-13(11,12)6(7)8/h4-6,9-10H,3H2,1-2H3. The molecule has 0 heterocycles. The van der Waals surface area contributed by atoms with Gasteiger partial charge in [0.25, 0.3) is 10.0 Å². The third kappa shape index (κ3) is 4.49. The minimum Gasteiger partial charge on any atom is -0.391 e. The van der Waals surface area contributed by atoms with Crippen LogP contribution in [0.5, 0.6) is 0 Å². The van der Waals surface area contributed by atoms with Crippen LogP contribution in [0, 0.1) is 5.92 Å². The third-order valence-corrected chi connectivity index (χ3v) is 2.54. The molecule has 0 aliphatic heterocycles. The molecular weight excluding hydrogens is 204 g/mol. The molecule has 2 N–H and O–H groups in total. The van der Waals surface area contributed by atoms with Crippen molar-refractivity contribution in [2.75, 3.05) is 6.54 Å². The molecule has 0 aromatic rings. The first-order valence-corrected chi connectivity index (χ1v) is 5.26. The van der Waals surface area contributed by atoms with Crippen molar-refractivity contribution in [1.29, 1.82) is 0 Å². The number of aliphatic hydroxyl groups is 1. The van der Waals surface area contributed by atoms with E-state index in [4.69, 9.17) is 5.11 Å². The van der Waals surface area contributed by atoms with Gasteiger partial charge in [0.1, 0.15) is 0 Å². The SMILES string of the molecule is CC(C)C(O)CNS(=O)(=O)C(F)F. The van der Waals surface area contributed by atoms with E-state index in [0.717, 1.165) is 0 Å². The van der Waals surface area contributed by atoms with E-state index in [-0.39, 0.29) is 12.5 Å². The fourth-order valence-corrected chi connectivity index (χ4v) is 1.03. The molecule has 0 aromatic heterocycles. The second kappa shape index (κ2) is 4.83. The lowest BCUT2D eigenvalue weighted by atomic mass is 10.1. The van der Waals surface area contributed by atoms with Crippen LogP contribution < -0.4 is 4.72 Å². The van der Waals surface area contributed by atoms with Gasteiger partial charge in [-0.25, -0.2) is 13.1 Å². The smallest absolute Gasteiger partial charge is 0.350 e. The fourth-order valence-electron chi connectivity index (χ4n) is 0.500. The zero-order chi connectivity index (χ0) is 10.6. The highest BCUT2D eigenvalue weighted by atomic mass is 32.2. The first-order valence-electron chi connectivity index (χ1n) is 3.72. The number of rotatable bonds is 5. The number of halogens is 2.